The van der Waals surface area contributed by atoms with E-state index in [9.17, 15) is 17.8 Å². The number of pyridine rings is 1. The summed E-state index contributed by atoms with van der Waals surface area (Å²) in [4.78, 5) is 10.7. The maximum Gasteiger partial charge on any atom is 0.171 e. The summed E-state index contributed by atoms with van der Waals surface area (Å²) in [6.45, 7) is 2.22. The Balaban J connectivity index is 0.000000224. The first kappa shape index (κ1) is 18.0. The van der Waals surface area contributed by atoms with Crippen LogP contribution in [-0.2, 0) is 16.7 Å². The van der Waals surface area contributed by atoms with Crippen molar-refractivity contribution in [1.82, 2.24) is 0 Å². The fraction of sp³-hybridized carbons (Fsp3) is 0.200. The van der Waals surface area contributed by atoms with Gasteiger partial charge in [-0.1, -0.05) is 18.2 Å². The largest absolute Gasteiger partial charge is 0.744 e. The van der Waals surface area contributed by atoms with Crippen LogP contribution < -0.4 is 4.57 Å². The number of hydrogen-bond acceptors (Lipinski definition) is 5. The van der Waals surface area contributed by atoms with Crippen molar-refractivity contribution < 1.29 is 27.4 Å². The quantitative estimate of drug-likeness (QED) is 0.509. The van der Waals surface area contributed by atoms with Gasteiger partial charge in [0.05, 0.1) is 4.90 Å². The zero-order valence-electron chi connectivity index (χ0n) is 12.0. The van der Waals surface area contributed by atoms with E-state index in [0.29, 0.717) is 12.1 Å². The highest BCUT2D eigenvalue weighted by Crippen LogP contribution is 2.05. The third-order valence-electron chi connectivity index (χ3n) is 2.69. The van der Waals surface area contributed by atoms with Gasteiger partial charge in [0.1, 0.15) is 16.7 Å². The number of aliphatic hydroxyl groups is 1. The van der Waals surface area contributed by atoms with Gasteiger partial charge in [-0.05, 0) is 19.1 Å². The Kier molecular flexibility index (Phi) is 6.84. The highest BCUT2D eigenvalue weighted by molar-refractivity contribution is 7.85. The number of Topliss-reactive ketones (excluding diaryl/α,β-unsaturated/α-hetero) is 1. The van der Waals surface area contributed by atoms with Gasteiger partial charge in [-0.25, -0.2) is 13.0 Å². The number of carbonyl (C=O) groups excluding carboxylic acids is 1. The molecule has 0 saturated heterocycles. The Morgan fingerprint density at radius 1 is 1.14 bits per heavy atom. The number of ketones is 1. The van der Waals surface area contributed by atoms with E-state index in [1.165, 1.54) is 31.2 Å². The lowest BCUT2D eigenvalue weighted by Crippen LogP contribution is -2.34. The molecule has 0 amide bonds. The average molecular weight is 323 g/mol. The minimum atomic E-state index is -4.25. The van der Waals surface area contributed by atoms with E-state index >= 15 is 0 Å². The molecule has 2 aromatic rings. The number of rotatable bonds is 4. The van der Waals surface area contributed by atoms with Crippen LogP contribution in [0, 0.1) is 0 Å². The molecule has 0 saturated carbocycles. The summed E-state index contributed by atoms with van der Waals surface area (Å²) in [5, 5.41) is 8.61. The van der Waals surface area contributed by atoms with Gasteiger partial charge in [0.15, 0.2) is 24.7 Å². The van der Waals surface area contributed by atoms with Crippen molar-refractivity contribution in [3.8, 4) is 0 Å². The summed E-state index contributed by atoms with van der Waals surface area (Å²) in [5.41, 5.74) is 0.698. The van der Waals surface area contributed by atoms with Crippen LogP contribution in [0.3, 0.4) is 0 Å². The molecule has 0 bridgehead atoms. The molecule has 0 unspecified atom stereocenters. The van der Waals surface area contributed by atoms with Gasteiger partial charge >= 0.3 is 0 Å². The molecule has 1 aromatic heterocycles. The molecule has 0 aliphatic heterocycles. The molecule has 1 aromatic carbocycles. The second-order valence-electron chi connectivity index (χ2n) is 4.37. The van der Waals surface area contributed by atoms with Crippen LogP contribution in [0.1, 0.15) is 17.3 Å². The minimum absolute atomic E-state index is 0.0612. The molecule has 0 aliphatic carbocycles. The topological polar surface area (TPSA) is 98.4 Å². The highest BCUT2D eigenvalue weighted by atomic mass is 32.2. The van der Waals surface area contributed by atoms with E-state index in [-0.39, 0.29) is 17.3 Å². The number of carbonyl (C=O) groups is 1. The van der Waals surface area contributed by atoms with Crippen molar-refractivity contribution in [2.45, 2.75) is 18.4 Å². The second-order valence-corrected chi connectivity index (χ2v) is 5.75. The molecule has 6 nitrogen and oxygen atoms in total. The van der Waals surface area contributed by atoms with Gasteiger partial charge in [-0.2, -0.15) is 0 Å². The molecule has 7 heteroatoms. The van der Waals surface area contributed by atoms with E-state index in [1.54, 1.807) is 30.6 Å². The van der Waals surface area contributed by atoms with Gasteiger partial charge in [0.25, 0.3) is 0 Å². The van der Waals surface area contributed by atoms with Crippen LogP contribution in [0.2, 0.25) is 0 Å². The van der Waals surface area contributed by atoms with Crippen molar-refractivity contribution in [2.24, 2.45) is 0 Å². The van der Waals surface area contributed by atoms with E-state index < -0.39 is 10.1 Å². The van der Waals surface area contributed by atoms with Crippen molar-refractivity contribution in [3.63, 3.8) is 0 Å². The van der Waals surface area contributed by atoms with Crippen LogP contribution in [0.15, 0.2) is 59.8 Å². The van der Waals surface area contributed by atoms with Crippen molar-refractivity contribution in [3.05, 3.63) is 60.4 Å². The van der Waals surface area contributed by atoms with Crippen molar-refractivity contribution >= 4 is 15.9 Å². The number of aliphatic hydroxyl groups excluding tert-OH is 1. The van der Waals surface area contributed by atoms with Gasteiger partial charge < -0.3 is 9.66 Å². The lowest BCUT2D eigenvalue weighted by atomic mass is 10.2. The zero-order chi connectivity index (χ0) is 16.6. The van der Waals surface area contributed by atoms with E-state index in [1.807, 2.05) is 4.57 Å². The molecule has 1 heterocycles. The molecule has 0 aliphatic rings. The van der Waals surface area contributed by atoms with Crippen molar-refractivity contribution in [2.75, 3.05) is 6.61 Å². The standard InChI is InChI=1S/C9H12NO2.C6H6O3S/c1-8(12)9-2-4-10(5-3-9)6-7-11;7-10(8,9)6-4-2-1-3-5-6/h2-5,11H,6-7H2,1H3;1-5H,(H,7,8,9)/q+1;/p-1. The Morgan fingerprint density at radius 3 is 2.05 bits per heavy atom. The summed E-state index contributed by atoms with van der Waals surface area (Å²) < 4.78 is 32.7. The first-order valence-corrected chi connectivity index (χ1v) is 7.87. The monoisotopic (exact) mass is 323 g/mol. The highest BCUT2D eigenvalue weighted by Gasteiger charge is 2.02. The molecule has 0 atom stereocenters. The van der Waals surface area contributed by atoms with E-state index in [4.69, 9.17) is 5.11 Å². The molecular weight excluding hydrogens is 306 g/mol. The van der Waals surface area contributed by atoms with Crippen LogP contribution in [0.5, 0.6) is 0 Å². The van der Waals surface area contributed by atoms with Gasteiger partial charge in [-0.15, -0.1) is 0 Å². The smallest absolute Gasteiger partial charge is 0.171 e. The van der Waals surface area contributed by atoms with Crippen LogP contribution in [-0.4, -0.2) is 30.5 Å². The van der Waals surface area contributed by atoms with Crippen LogP contribution in [0.25, 0.3) is 0 Å². The van der Waals surface area contributed by atoms with Gasteiger partial charge in [-0.3, -0.25) is 4.79 Å². The lowest BCUT2D eigenvalue weighted by molar-refractivity contribution is -0.698. The Hall–Kier alpha value is -2.09. The minimum Gasteiger partial charge on any atom is -0.744 e. The fourth-order valence-corrected chi connectivity index (χ4v) is 2.03. The summed E-state index contributed by atoms with van der Waals surface area (Å²) >= 11 is 0. The third kappa shape index (κ3) is 6.13. The van der Waals surface area contributed by atoms with Crippen LogP contribution >= 0.6 is 0 Å². The zero-order valence-corrected chi connectivity index (χ0v) is 12.9. The Morgan fingerprint density at radius 2 is 1.68 bits per heavy atom. The summed E-state index contributed by atoms with van der Waals surface area (Å²) in [6.07, 6.45) is 3.57. The Bertz CT molecular complexity index is 696. The summed E-state index contributed by atoms with van der Waals surface area (Å²) in [5.74, 6) is 0.0612. The summed E-state index contributed by atoms with van der Waals surface area (Å²) in [6, 6.07) is 10.7. The molecular formula is C15H17NO5S. The molecule has 0 radical (unpaired) electrons. The average Bonchev–Trinajstić information content (AvgIpc) is 2.49. The molecule has 2 rings (SSSR count). The van der Waals surface area contributed by atoms with Crippen LogP contribution in [0.4, 0.5) is 0 Å². The van der Waals surface area contributed by atoms with E-state index in [2.05, 4.69) is 0 Å². The van der Waals surface area contributed by atoms with Gasteiger partial charge in [0.2, 0.25) is 0 Å². The molecule has 22 heavy (non-hydrogen) atoms. The Labute approximate surface area is 129 Å². The number of benzene rings is 1. The third-order valence-corrected chi connectivity index (χ3v) is 3.54. The number of aromatic nitrogens is 1. The maximum atomic E-state index is 10.9. The molecule has 118 valence electrons. The fourth-order valence-electron chi connectivity index (χ4n) is 1.54. The SMILES string of the molecule is CC(=O)c1cc[n+](CCO)cc1.O=S(=O)([O-])c1ccccc1. The molecule has 0 fully saturated rings. The number of hydrogen-bond donors (Lipinski definition) is 1. The summed E-state index contributed by atoms with van der Waals surface area (Å²) in [7, 11) is -4.25. The second kappa shape index (κ2) is 8.38. The molecule has 0 spiro atoms. The van der Waals surface area contributed by atoms with Gasteiger partial charge in [0, 0.05) is 17.7 Å². The first-order valence-electron chi connectivity index (χ1n) is 6.46. The lowest BCUT2D eigenvalue weighted by Gasteiger charge is -2.04. The van der Waals surface area contributed by atoms with Crippen molar-refractivity contribution in [1.29, 1.82) is 0 Å². The molecule has 1 N–H and O–H groups in total. The van der Waals surface area contributed by atoms with E-state index in [0.717, 1.165) is 0 Å². The first-order chi connectivity index (χ1) is 10.3. The predicted molar refractivity (Wildman–Crippen MR) is 78.1 cm³/mol. The number of nitrogens with zero attached hydrogens (tertiary/aromatic N) is 1. The normalized spacial score (nSPS) is 10.5. The maximum absolute atomic E-state index is 10.9. The predicted octanol–water partition coefficient (Wildman–Crippen LogP) is 0.760.